The Hall–Kier alpha value is -8.41. The number of phenols is 2. The molecule has 0 unspecified atom stereocenters. The number of morpholine rings is 1. The van der Waals surface area contributed by atoms with Crippen LogP contribution in [-0.4, -0.2) is 174 Å². The summed E-state index contributed by atoms with van der Waals surface area (Å²) in [6, 6.07) is 24.2. The van der Waals surface area contributed by atoms with Crippen LogP contribution in [0.5, 0.6) is 17.2 Å². The number of aryl methyl sites for hydroxylation is 1. The number of amides is 6. The average Bonchev–Trinajstić information content (AvgIpc) is 1.35. The number of hydrogen-bond acceptors (Lipinski definition) is 16. The molecule has 6 amide bonds. The lowest BCUT2D eigenvalue weighted by Crippen LogP contribution is -2.59. The monoisotopic (exact) mass is 1240 g/mol. The van der Waals surface area contributed by atoms with Crippen molar-refractivity contribution in [2.24, 2.45) is 17.0 Å². The van der Waals surface area contributed by atoms with E-state index in [4.69, 9.17) is 29.9 Å². The summed E-state index contributed by atoms with van der Waals surface area (Å²) in [5.74, 6) is -4.07. The Morgan fingerprint density at radius 1 is 0.733 bits per heavy atom. The second-order valence-electron chi connectivity index (χ2n) is 24.6. The molecular weight excluding hydrogens is 1150 g/mol. The first-order chi connectivity index (χ1) is 43.0. The van der Waals surface area contributed by atoms with Crippen molar-refractivity contribution in [1.29, 1.82) is 10.8 Å². The van der Waals surface area contributed by atoms with Crippen LogP contribution >= 0.6 is 0 Å². The number of piperidine rings is 1. The highest BCUT2D eigenvalue weighted by molar-refractivity contribution is 6.48. The number of oxime groups is 1. The first-order valence-corrected chi connectivity index (χ1v) is 31.3. The Balaban J connectivity index is 0.994. The lowest BCUT2D eigenvalue weighted by molar-refractivity contribution is -0.138. The van der Waals surface area contributed by atoms with Crippen LogP contribution in [-0.2, 0) is 55.9 Å². The van der Waals surface area contributed by atoms with Crippen LogP contribution in [0.15, 0.2) is 102 Å². The molecule has 7 rings (SSSR count). The summed E-state index contributed by atoms with van der Waals surface area (Å²) in [6.07, 6.45) is 2.24. The molecule has 0 spiro atoms. The number of likely N-dealkylation sites (N-methyl/N-ethyl adjacent to an activating group) is 1. The van der Waals surface area contributed by atoms with Gasteiger partial charge in [-0.3, -0.25) is 49.4 Å². The van der Waals surface area contributed by atoms with E-state index in [1.807, 2.05) is 114 Å². The van der Waals surface area contributed by atoms with Crippen LogP contribution in [0.25, 0.3) is 0 Å². The summed E-state index contributed by atoms with van der Waals surface area (Å²) in [6.45, 7) is 18.3. The van der Waals surface area contributed by atoms with Gasteiger partial charge in [-0.05, 0) is 104 Å². The average molecular weight is 1240 g/mol. The number of amidine groups is 2. The second kappa shape index (κ2) is 32.9. The van der Waals surface area contributed by atoms with Gasteiger partial charge in [0.05, 0.1) is 38.0 Å². The molecule has 3 aliphatic rings. The maximum absolute atomic E-state index is 14.8. The Kier molecular flexibility index (Phi) is 25.2. The zero-order valence-electron chi connectivity index (χ0n) is 53.1. The van der Waals surface area contributed by atoms with Gasteiger partial charge in [0.1, 0.15) is 58.6 Å². The molecule has 9 N–H and O–H groups in total. The number of rotatable bonds is 29. The van der Waals surface area contributed by atoms with E-state index >= 15 is 0 Å². The zero-order valence-corrected chi connectivity index (χ0v) is 53.1. The number of carbonyl (C=O) groups excluding carboxylic acids is 6. The van der Waals surface area contributed by atoms with Gasteiger partial charge < -0.3 is 60.7 Å². The highest BCUT2D eigenvalue weighted by Gasteiger charge is 2.49. The third-order valence-electron chi connectivity index (χ3n) is 16.0. The van der Waals surface area contributed by atoms with Crippen molar-refractivity contribution in [3.63, 3.8) is 0 Å². The first kappa shape index (κ1) is 69.1. The number of likely N-dealkylation sites (tertiary alicyclic amines) is 1. The summed E-state index contributed by atoms with van der Waals surface area (Å²) in [5.41, 5.74) is 2.01. The summed E-state index contributed by atoms with van der Waals surface area (Å²) >= 11 is 0. The molecule has 486 valence electrons. The topological polar surface area (TPSA) is 313 Å². The van der Waals surface area contributed by atoms with Crippen molar-refractivity contribution in [3.05, 3.63) is 119 Å². The molecule has 3 aliphatic heterocycles. The summed E-state index contributed by atoms with van der Waals surface area (Å²) in [5, 5.41) is 58.3. The molecule has 23 heteroatoms. The third kappa shape index (κ3) is 20.0. The van der Waals surface area contributed by atoms with Gasteiger partial charge in [-0.2, -0.15) is 0 Å². The molecule has 3 heterocycles. The molecule has 90 heavy (non-hydrogen) atoms. The highest BCUT2D eigenvalue weighted by atomic mass is 16.6. The van der Waals surface area contributed by atoms with Crippen molar-refractivity contribution in [2.45, 2.75) is 142 Å². The maximum atomic E-state index is 14.8. The number of nitrogens with zero attached hydrogens (tertiary/aromatic N) is 4. The van der Waals surface area contributed by atoms with Crippen LogP contribution in [0.3, 0.4) is 0 Å². The number of carbonyl (C=O) groups is 6. The number of epoxide rings is 1. The van der Waals surface area contributed by atoms with E-state index in [0.717, 1.165) is 22.1 Å². The van der Waals surface area contributed by atoms with Gasteiger partial charge in [-0.25, -0.2) is 0 Å². The molecule has 0 aromatic heterocycles. The van der Waals surface area contributed by atoms with Gasteiger partial charge in [-0.15, -0.1) is 0 Å². The predicted molar refractivity (Wildman–Crippen MR) is 343 cm³/mol. The van der Waals surface area contributed by atoms with Gasteiger partial charge in [0.15, 0.2) is 12.4 Å². The fraction of sp³-hybridized carbons (Fsp3) is 0.507. The van der Waals surface area contributed by atoms with Crippen molar-refractivity contribution in [1.82, 2.24) is 36.4 Å². The normalized spacial score (nSPS) is 17.5. The van der Waals surface area contributed by atoms with Crippen LogP contribution < -0.4 is 36.2 Å². The molecule has 4 aromatic carbocycles. The number of benzene rings is 4. The van der Waals surface area contributed by atoms with Gasteiger partial charge in [-0.1, -0.05) is 107 Å². The zero-order chi connectivity index (χ0) is 65.1. The van der Waals surface area contributed by atoms with Gasteiger partial charge in [0.25, 0.3) is 11.8 Å². The molecule has 5 atom stereocenters. The molecule has 23 nitrogen and oxygen atoms in total. The fourth-order valence-corrected chi connectivity index (χ4v) is 10.9. The SMILES string of the molecule is CCNC(=O)C(=N)N(C(=N)c1cc(C(C)C)c(O)cc1O)c1ccc(OC2CCN(C(=O)CO/N=C(/[C@H](CC(C)C)NC(=O)[C@H](Cc3ccccc3)NC(=O)[C@H](CC(C)C)NC(=O)[C@H](CCc3ccccc3)NC(=O)CN3CCOCC3)[C@@]3(C)CO3)CC2)cc1. The summed E-state index contributed by atoms with van der Waals surface area (Å²) in [7, 11) is 0. The summed E-state index contributed by atoms with van der Waals surface area (Å²) in [4.78, 5) is 94.6. The van der Waals surface area contributed by atoms with E-state index < -0.39 is 65.8 Å². The van der Waals surface area contributed by atoms with Crippen molar-refractivity contribution < 1.29 is 58.0 Å². The minimum absolute atomic E-state index is 0.0186. The van der Waals surface area contributed by atoms with Crippen LogP contribution in [0.1, 0.15) is 116 Å². The molecule has 0 saturated carbocycles. The fourth-order valence-electron chi connectivity index (χ4n) is 10.9. The number of nitrogens with one attached hydrogen (secondary N) is 7. The standard InChI is InChI=1S/C67H91N11O12/c1-9-70-66(86)62(69)78(61(68)51-37-50(44(6)7)56(79)38-57(51)80)47-21-23-48(24-22-47)90-49-26-28-77(29-27-49)59(82)40-89-75-60(67(8)41-88-67)53(34-42(2)3)72-65(85)55(36-46-18-14-11-15-19-46)74-64(84)54(35-43(4)5)73-63(83)52(25-20-45-16-12-10-13-17-45)71-58(81)39-76-30-32-87-33-31-76/h10-19,21-24,37-38,42-44,49,52-55,68-69,79-80H,9,20,25-36,39-41H2,1-8H3,(H,70,86)(H,71,81)(H,72,85)(H,73,83)(H,74,84)/b68-61?,69-62?,75-60-/t52-,53-,54-,55-,67+/m0/s1. The second-order valence-corrected chi connectivity index (χ2v) is 24.6. The van der Waals surface area contributed by atoms with E-state index in [1.165, 1.54) is 6.07 Å². The van der Waals surface area contributed by atoms with Crippen molar-refractivity contribution >= 4 is 58.5 Å². The maximum Gasteiger partial charge on any atom is 0.287 e. The Labute approximate surface area is 528 Å². The van der Waals surface area contributed by atoms with Crippen molar-refractivity contribution in [3.8, 4) is 17.2 Å². The van der Waals surface area contributed by atoms with Crippen LogP contribution in [0.4, 0.5) is 5.69 Å². The molecular formula is C67H91N11O12. The lowest BCUT2D eigenvalue weighted by atomic mass is 9.92. The van der Waals surface area contributed by atoms with Crippen LogP contribution in [0.2, 0.25) is 0 Å². The molecule has 0 radical (unpaired) electrons. The minimum atomic E-state index is -1.12. The Morgan fingerprint density at radius 3 is 1.91 bits per heavy atom. The van der Waals surface area contributed by atoms with E-state index in [-0.39, 0.29) is 103 Å². The number of ether oxygens (including phenoxy) is 3. The van der Waals surface area contributed by atoms with E-state index in [2.05, 4.69) is 31.7 Å². The van der Waals surface area contributed by atoms with Gasteiger partial charge in [0, 0.05) is 63.7 Å². The minimum Gasteiger partial charge on any atom is -0.508 e. The lowest BCUT2D eigenvalue weighted by Gasteiger charge is -2.32. The van der Waals surface area contributed by atoms with Gasteiger partial charge >= 0.3 is 0 Å². The predicted octanol–water partition coefficient (Wildman–Crippen LogP) is 5.94. The van der Waals surface area contributed by atoms with E-state index in [9.17, 15) is 39.0 Å². The molecule has 3 fully saturated rings. The number of aromatic hydroxyl groups is 2. The third-order valence-corrected chi connectivity index (χ3v) is 16.0. The van der Waals surface area contributed by atoms with Gasteiger partial charge in [0.2, 0.25) is 23.6 Å². The molecule has 0 aliphatic carbocycles. The van der Waals surface area contributed by atoms with E-state index in [0.29, 0.717) is 82.1 Å². The molecule has 0 bridgehead atoms. The number of anilines is 1. The first-order valence-electron chi connectivity index (χ1n) is 31.3. The number of hydrogen-bond donors (Lipinski definition) is 9. The summed E-state index contributed by atoms with van der Waals surface area (Å²) < 4.78 is 17.7. The Bertz CT molecular complexity index is 3130. The van der Waals surface area contributed by atoms with E-state index in [1.54, 1.807) is 36.1 Å². The van der Waals surface area contributed by atoms with Crippen LogP contribution in [0, 0.1) is 22.7 Å². The Morgan fingerprint density at radius 2 is 1.31 bits per heavy atom. The molecule has 3 saturated heterocycles. The molecule has 4 aromatic rings. The smallest absolute Gasteiger partial charge is 0.287 e. The largest absolute Gasteiger partial charge is 0.508 e. The highest BCUT2D eigenvalue weighted by Crippen LogP contribution is 2.35. The quantitative estimate of drug-likeness (QED) is 0.0132. The number of phenolic OH excluding ortho intramolecular Hbond substituents is 2. The van der Waals surface area contributed by atoms with Crippen molar-refractivity contribution in [2.75, 3.05) is 70.6 Å².